The lowest BCUT2D eigenvalue weighted by Gasteiger charge is -2.01. The lowest BCUT2D eigenvalue weighted by atomic mass is 10.0. The molecule has 0 saturated carbocycles. The van der Waals surface area contributed by atoms with Crippen molar-refractivity contribution in [1.82, 2.24) is 0 Å². The van der Waals surface area contributed by atoms with E-state index in [2.05, 4.69) is 25.4 Å². The fourth-order valence-corrected chi connectivity index (χ4v) is 0.565. The molecule has 0 atom stereocenters. The van der Waals surface area contributed by atoms with E-state index >= 15 is 0 Å². The molecule has 0 spiro atoms. The van der Waals surface area contributed by atoms with Crippen LogP contribution in [0.1, 0.15) is 20.8 Å². The SMILES string of the molecule is C=C(/C=C\C(C)=NC=N)C(C)C. The number of nitrogens with zero attached hydrogens (tertiary/aromatic N) is 1. The Bertz CT molecular complexity index is 222. The van der Waals surface area contributed by atoms with Gasteiger partial charge in [0.25, 0.3) is 0 Å². The van der Waals surface area contributed by atoms with E-state index in [1.807, 2.05) is 19.1 Å². The Morgan fingerprint density at radius 2 is 2.00 bits per heavy atom. The molecule has 0 aliphatic rings. The van der Waals surface area contributed by atoms with Gasteiger partial charge in [0.1, 0.15) is 6.34 Å². The largest absolute Gasteiger partial charge is 0.290 e. The van der Waals surface area contributed by atoms with Crippen LogP contribution in [0.3, 0.4) is 0 Å². The molecule has 2 nitrogen and oxygen atoms in total. The van der Waals surface area contributed by atoms with Crippen LogP contribution in [0.15, 0.2) is 29.3 Å². The third-order valence-corrected chi connectivity index (χ3v) is 1.55. The summed E-state index contributed by atoms with van der Waals surface area (Å²) in [6.45, 7) is 9.93. The van der Waals surface area contributed by atoms with Crippen molar-refractivity contribution in [3.63, 3.8) is 0 Å². The first-order chi connectivity index (χ1) is 5.57. The lowest BCUT2D eigenvalue weighted by molar-refractivity contribution is 0.795. The zero-order valence-electron chi connectivity index (χ0n) is 7.96. The third-order valence-electron chi connectivity index (χ3n) is 1.55. The first-order valence-electron chi connectivity index (χ1n) is 3.98. The van der Waals surface area contributed by atoms with Crippen LogP contribution in [0.4, 0.5) is 0 Å². The van der Waals surface area contributed by atoms with Gasteiger partial charge in [-0.25, -0.2) is 4.99 Å². The minimum absolute atomic E-state index is 0.467. The summed E-state index contributed by atoms with van der Waals surface area (Å²) in [5.74, 6) is 0.467. The molecule has 0 unspecified atom stereocenters. The highest BCUT2D eigenvalue weighted by Gasteiger charge is 1.93. The molecule has 0 amide bonds. The van der Waals surface area contributed by atoms with Gasteiger partial charge in [-0.2, -0.15) is 0 Å². The molecule has 0 aromatic heterocycles. The summed E-state index contributed by atoms with van der Waals surface area (Å²) in [4.78, 5) is 3.79. The molecule has 66 valence electrons. The summed E-state index contributed by atoms with van der Waals surface area (Å²) in [5.41, 5.74) is 1.90. The van der Waals surface area contributed by atoms with Crippen molar-refractivity contribution >= 4 is 12.1 Å². The van der Waals surface area contributed by atoms with Crippen molar-refractivity contribution in [2.45, 2.75) is 20.8 Å². The van der Waals surface area contributed by atoms with E-state index in [0.29, 0.717) is 5.92 Å². The molecule has 0 radical (unpaired) electrons. The van der Waals surface area contributed by atoms with Crippen LogP contribution in [-0.4, -0.2) is 12.1 Å². The highest BCUT2D eigenvalue weighted by molar-refractivity contribution is 5.97. The summed E-state index contributed by atoms with van der Waals surface area (Å²) in [7, 11) is 0. The van der Waals surface area contributed by atoms with Crippen molar-refractivity contribution in [3.8, 4) is 0 Å². The summed E-state index contributed by atoms with van der Waals surface area (Å²) < 4.78 is 0. The second kappa shape index (κ2) is 5.47. The second-order valence-corrected chi connectivity index (χ2v) is 2.96. The van der Waals surface area contributed by atoms with E-state index in [1.54, 1.807) is 0 Å². The van der Waals surface area contributed by atoms with Crippen LogP contribution in [0.5, 0.6) is 0 Å². The zero-order chi connectivity index (χ0) is 9.56. The first kappa shape index (κ1) is 10.8. The van der Waals surface area contributed by atoms with Gasteiger partial charge in [0, 0.05) is 5.71 Å². The quantitative estimate of drug-likeness (QED) is 0.377. The van der Waals surface area contributed by atoms with Crippen molar-refractivity contribution < 1.29 is 0 Å². The summed E-state index contributed by atoms with van der Waals surface area (Å²) in [5, 5.41) is 6.73. The lowest BCUT2D eigenvalue weighted by Crippen LogP contribution is -1.90. The Labute approximate surface area is 74.2 Å². The number of allylic oxidation sites excluding steroid dienone is 3. The molecule has 0 aromatic rings. The Morgan fingerprint density at radius 1 is 1.42 bits per heavy atom. The first-order valence-corrected chi connectivity index (χ1v) is 3.98. The van der Waals surface area contributed by atoms with Gasteiger partial charge in [0.15, 0.2) is 0 Å². The average Bonchev–Trinajstić information content (AvgIpc) is 2.00. The van der Waals surface area contributed by atoms with Crippen LogP contribution in [0.25, 0.3) is 0 Å². The van der Waals surface area contributed by atoms with E-state index in [9.17, 15) is 0 Å². The molecule has 0 aromatic carbocycles. The van der Waals surface area contributed by atoms with Crippen molar-refractivity contribution in [2.75, 3.05) is 0 Å². The van der Waals surface area contributed by atoms with Gasteiger partial charge in [0.2, 0.25) is 0 Å². The normalized spacial score (nSPS) is 12.5. The van der Waals surface area contributed by atoms with Gasteiger partial charge in [-0.3, -0.25) is 5.41 Å². The van der Waals surface area contributed by atoms with Gasteiger partial charge in [-0.1, -0.05) is 32.1 Å². The summed E-state index contributed by atoms with van der Waals surface area (Å²) in [6, 6.07) is 0. The maximum absolute atomic E-state index is 6.73. The molecule has 2 heteroatoms. The molecule has 0 aliphatic heterocycles. The van der Waals surface area contributed by atoms with Gasteiger partial charge in [0.05, 0.1) is 0 Å². The Balaban J connectivity index is 4.16. The van der Waals surface area contributed by atoms with Crippen LogP contribution in [0, 0.1) is 11.3 Å². The number of rotatable bonds is 4. The van der Waals surface area contributed by atoms with Gasteiger partial charge < -0.3 is 0 Å². The minimum Gasteiger partial charge on any atom is -0.290 e. The van der Waals surface area contributed by atoms with Crippen LogP contribution in [0.2, 0.25) is 0 Å². The zero-order valence-corrected chi connectivity index (χ0v) is 7.96. The molecule has 0 aliphatic carbocycles. The Kier molecular flexibility index (Phi) is 4.93. The van der Waals surface area contributed by atoms with E-state index in [0.717, 1.165) is 17.6 Å². The molecule has 1 N–H and O–H groups in total. The second-order valence-electron chi connectivity index (χ2n) is 2.96. The van der Waals surface area contributed by atoms with E-state index in [4.69, 9.17) is 5.41 Å². The summed E-state index contributed by atoms with van der Waals surface area (Å²) >= 11 is 0. The summed E-state index contributed by atoms with van der Waals surface area (Å²) in [6.07, 6.45) is 4.85. The topological polar surface area (TPSA) is 36.2 Å². The molecular weight excluding hydrogens is 148 g/mol. The number of hydrogen-bond donors (Lipinski definition) is 1. The Morgan fingerprint density at radius 3 is 2.42 bits per heavy atom. The fraction of sp³-hybridized carbons (Fsp3) is 0.400. The monoisotopic (exact) mass is 164 g/mol. The predicted octanol–water partition coefficient (Wildman–Crippen LogP) is 2.82. The maximum atomic E-state index is 6.73. The van der Waals surface area contributed by atoms with E-state index < -0.39 is 0 Å². The van der Waals surface area contributed by atoms with Crippen molar-refractivity contribution in [3.05, 3.63) is 24.3 Å². The third kappa shape index (κ3) is 4.61. The minimum atomic E-state index is 0.467. The highest BCUT2D eigenvalue weighted by Crippen LogP contribution is 2.07. The molecule has 0 rings (SSSR count). The van der Waals surface area contributed by atoms with Gasteiger partial charge in [-0.05, 0) is 18.9 Å². The van der Waals surface area contributed by atoms with Crippen LogP contribution in [-0.2, 0) is 0 Å². The Hall–Kier alpha value is -1.18. The van der Waals surface area contributed by atoms with E-state index in [1.165, 1.54) is 0 Å². The standard InChI is InChI=1S/C10H16N2/c1-8(2)9(3)5-6-10(4)12-7-11/h5-8,11H,3H2,1-2,4H3/b6-5-,11-7?,12-10?. The number of hydrogen-bond acceptors (Lipinski definition) is 1. The van der Waals surface area contributed by atoms with Crippen LogP contribution >= 0.6 is 0 Å². The maximum Gasteiger partial charge on any atom is 0.107 e. The molecular formula is C10H16N2. The van der Waals surface area contributed by atoms with E-state index in [-0.39, 0.29) is 0 Å². The van der Waals surface area contributed by atoms with Gasteiger partial charge >= 0.3 is 0 Å². The number of nitrogens with one attached hydrogen (secondary N) is 1. The van der Waals surface area contributed by atoms with Crippen molar-refractivity contribution in [2.24, 2.45) is 10.9 Å². The molecule has 0 saturated heterocycles. The highest BCUT2D eigenvalue weighted by atomic mass is 14.7. The average molecular weight is 164 g/mol. The number of aliphatic imine (C=N–C) groups is 1. The fourth-order valence-electron chi connectivity index (χ4n) is 0.565. The smallest absolute Gasteiger partial charge is 0.107 e. The molecule has 0 bridgehead atoms. The molecule has 0 fully saturated rings. The predicted molar refractivity (Wildman–Crippen MR) is 55.0 cm³/mol. The molecule has 12 heavy (non-hydrogen) atoms. The van der Waals surface area contributed by atoms with Crippen molar-refractivity contribution in [1.29, 1.82) is 5.41 Å². The van der Waals surface area contributed by atoms with Gasteiger partial charge in [-0.15, -0.1) is 0 Å². The van der Waals surface area contributed by atoms with Crippen LogP contribution < -0.4 is 0 Å². The molecule has 0 heterocycles.